The molecule has 0 aliphatic carbocycles. The fourth-order valence-electron chi connectivity index (χ4n) is 1.94. The highest BCUT2D eigenvalue weighted by Gasteiger charge is 2.12. The van der Waals surface area contributed by atoms with Gasteiger partial charge in [0.1, 0.15) is 5.02 Å². The molecule has 0 aromatic heterocycles. The van der Waals surface area contributed by atoms with E-state index in [1.54, 1.807) is 24.3 Å². The normalized spacial score (nSPS) is 10.7. The average molecular weight is 333 g/mol. The molecule has 23 heavy (non-hydrogen) atoms. The molecule has 0 aliphatic heterocycles. The van der Waals surface area contributed by atoms with Gasteiger partial charge >= 0.3 is 5.97 Å². The number of halogens is 1. The van der Waals surface area contributed by atoms with E-state index in [-0.39, 0.29) is 10.7 Å². The second-order valence-corrected chi connectivity index (χ2v) is 5.13. The summed E-state index contributed by atoms with van der Waals surface area (Å²) < 4.78 is 4.65. The van der Waals surface area contributed by atoms with Crippen molar-refractivity contribution >= 4 is 35.2 Å². The number of carbonyl (C=O) groups is 1. The standard InChI is InChI=1S/C16H13ClN2O4/c1-10-7-12(16(20)23-2)4-6-14(10)18-9-11-3-5-13(17)15(8-11)19(21)22/h3-9H,1-2H3. The van der Waals surface area contributed by atoms with Crippen LogP contribution in [0.4, 0.5) is 11.4 Å². The molecule has 7 heteroatoms. The molecule has 2 aromatic carbocycles. The fraction of sp³-hybridized carbons (Fsp3) is 0.125. The highest BCUT2D eigenvalue weighted by Crippen LogP contribution is 2.25. The Morgan fingerprint density at radius 2 is 2.04 bits per heavy atom. The number of ether oxygens (including phenoxy) is 1. The Morgan fingerprint density at radius 1 is 1.30 bits per heavy atom. The molecule has 6 nitrogen and oxygen atoms in total. The third-order valence-corrected chi connectivity index (χ3v) is 3.46. The molecule has 2 rings (SSSR count). The third-order valence-electron chi connectivity index (χ3n) is 3.14. The molecular weight excluding hydrogens is 320 g/mol. The number of hydrogen-bond donors (Lipinski definition) is 0. The summed E-state index contributed by atoms with van der Waals surface area (Å²) in [6.07, 6.45) is 1.50. The first-order valence-corrected chi connectivity index (χ1v) is 6.97. The molecule has 0 heterocycles. The number of aryl methyl sites for hydroxylation is 1. The zero-order valence-corrected chi connectivity index (χ0v) is 13.2. The Kier molecular flexibility index (Phi) is 5.08. The summed E-state index contributed by atoms with van der Waals surface area (Å²) in [6.45, 7) is 1.81. The second kappa shape index (κ2) is 7.02. The maximum absolute atomic E-state index is 11.5. The molecule has 0 unspecified atom stereocenters. The molecule has 0 atom stereocenters. The molecule has 0 spiro atoms. The van der Waals surface area contributed by atoms with Gasteiger partial charge in [0.2, 0.25) is 0 Å². The van der Waals surface area contributed by atoms with Gasteiger partial charge in [0.15, 0.2) is 0 Å². The van der Waals surface area contributed by atoms with Crippen molar-refractivity contribution in [1.82, 2.24) is 0 Å². The molecule has 0 N–H and O–H groups in total. The second-order valence-electron chi connectivity index (χ2n) is 4.72. The summed E-state index contributed by atoms with van der Waals surface area (Å²) in [7, 11) is 1.32. The van der Waals surface area contributed by atoms with E-state index in [0.717, 1.165) is 5.56 Å². The molecule has 0 fully saturated rings. The van der Waals surface area contributed by atoms with Gasteiger partial charge in [-0.1, -0.05) is 17.7 Å². The number of nitro groups is 1. The lowest BCUT2D eigenvalue weighted by molar-refractivity contribution is -0.384. The van der Waals surface area contributed by atoms with E-state index < -0.39 is 10.9 Å². The van der Waals surface area contributed by atoms with Crippen LogP contribution in [0.25, 0.3) is 0 Å². The van der Waals surface area contributed by atoms with Crippen LogP contribution in [0.3, 0.4) is 0 Å². The Hall–Kier alpha value is -2.73. The van der Waals surface area contributed by atoms with Gasteiger partial charge in [-0.3, -0.25) is 15.1 Å². The van der Waals surface area contributed by atoms with Crippen molar-refractivity contribution in [2.75, 3.05) is 7.11 Å². The van der Waals surface area contributed by atoms with Gasteiger partial charge in [0.25, 0.3) is 5.69 Å². The predicted octanol–water partition coefficient (Wildman–Crippen LogP) is 4.09. The van der Waals surface area contributed by atoms with Crippen LogP contribution in [-0.4, -0.2) is 24.2 Å². The molecule has 0 aliphatic rings. The largest absolute Gasteiger partial charge is 0.465 e. The van der Waals surface area contributed by atoms with E-state index in [2.05, 4.69) is 9.73 Å². The summed E-state index contributed by atoms with van der Waals surface area (Å²) in [5.74, 6) is -0.419. The summed E-state index contributed by atoms with van der Waals surface area (Å²) in [4.78, 5) is 26.1. The van der Waals surface area contributed by atoms with Crippen LogP contribution in [0.1, 0.15) is 21.5 Å². The van der Waals surface area contributed by atoms with E-state index in [1.807, 2.05) is 6.92 Å². The minimum Gasteiger partial charge on any atom is -0.465 e. The van der Waals surface area contributed by atoms with Gasteiger partial charge < -0.3 is 4.74 Å². The topological polar surface area (TPSA) is 81.8 Å². The van der Waals surface area contributed by atoms with Crippen LogP contribution < -0.4 is 0 Å². The number of esters is 1. The van der Waals surface area contributed by atoms with Crippen molar-refractivity contribution in [2.24, 2.45) is 4.99 Å². The summed E-state index contributed by atoms with van der Waals surface area (Å²) in [5.41, 5.74) is 2.25. The first-order chi connectivity index (χ1) is 10.9. The number of aliphatic imine (C=N–C) groups is 1. The van der Waals surface area contributed by atoms with Gasteiger partial charge in [0, 0.05) is 12.3 Å². The molecule has 0 amide bonds. The monoisotopic (exact) mass is 332 g/mol. The van der Waals surface area contributed by atoms with E-state index in [0.29, 0.717) is 16.8 Å². The maximum Gasteiger partial charge on any atom is 0.337 e. The average Bonchev–Trinajstić information content (AvgIpc) is 2.53. The molecule has 0 saturated heterocycles. The molecule has 118 valence electrons. The first kappa shape index (κ1) is 16.6. The zero-order valence-electron chi connectivity index (χ0n) is 12.4. The van der Waals surface area contributed by atoms with Crippen molar-refractivity contribution in [1.29, 1.82) is 0 Å². The van der Waals surface area contributed by atoms with E-state index in [4.69, 9.17) is 11.6 Å². The molecule has 0 radical (unpaired) electrons. The maximum atomic E-state index is 11.5. The highest BCUT2D eigenvalue weighted by atomic mass is 35.5. The number of methoxy groups -OCH3 is 1. The minimum absolute atomic E-state index is 0.0748. The van der Waals surface area contributed by atoms with Crippen molar-refractivity contribution < 1.29 is 14.5 Å². The van der Waals surface area contributed by atoms with E-state index in [1.165, 1.54) is 25.5 Å². The number of nitrogens with zero attached hydrogens (tertiary/aromatic N) is 2. The van der Waals surface area contributed by atoms with E-state index in [9.17, 15) is 14.9 Å². The summed E-state index contributed by atoms with van der Waals surface area (Å²) >= 11 is 5.76. The lowest BCUT2D eigenvalue weighted by Crippen LogP contribution is -2.00. The van der Waals surface area contributed by atoms with E-state index >= 15 is 0 Å². The summed E-state index contributed by atoms with van der Waals surface area (Å²) in [6, 6.07) is 9.40. The zero-order chi connectivity index (χ0) is 17.0. The Bertz CT molecular complexity index is 803. The van der Waals surface area contributed by atoms with Crippen molar-refractivity contribution in [3.63, 3.8) is 0 Å². The third kappa shape index (κ3) is 3.92. The quantitative estimate of drug-likeness (QED) is 0.365. The van der Waals surface area contributed by atoms with Gasteiger partial charge in [-0.2, -0.15) is 0 Å². The Balaban J connectivity index is 2.29. The van der Waals surface area contributed by atoms with Crippen LogP contribution in [0.5, 0.6) is 0 Å². The van der Waals surface area contributed by atoms with Gasteiger partial charge in [-0.05, 0) is 42.3 Å². The number of rotatable bonds is 4. The van der Waals surface area contributed by atoms with Crippen LogP contribution in [0.15, 0.2) is 41.4 Å². The van der Waals surface area contributed by atoms with Gasteiger partial charge in [-0.15, -0.1) is 0 Å². The number of hydrogen-bond acceptors (Lipinski definition) is 5. The first-order valence-electron chi connectivity index (χ1n) is 6.59. The van der Waals surface area contributed by atoms with Crippen molar-refractivity contribution in [3.05, 3.63) is 68.2 Å². The lowest BCUT2D eigenvalue weighted by Gasteiger charge is -2.03. The van der Waals surface area contributed by atoms with Crippen LogP contribution in [-0.2, 0) is 4.74 Å². The minimum atomic E-state index is -0.546. The number of carbonyl (C=O) groups excluding carboxylic acids is 1. The Morgan fingerprint density at radius 3 is 2.65 bits per heavy atom. The van der Waals surface area contributed by atoms with Gasteiger partial charge in [-0.25, -0.2) is 4.79 Å². The van der Waals surface area contributed by atoms with Gasteiger partial charge in [0.05, 0.1) is 23.3 Å². The fourth-order valence-corrected chi connectivity index (χ4v) is 2.13. The van der Waals surface area contributed by atoms with Crippen LogP contribution in [0.2, 0.25) is 5.02 Å². The molecular formula is C16H13ClN2O4. The van der Waals surface area contributed by atoms with Crippen LogP contribution in [0, 0.1) is 17.0 Å². The Labute approximate surface area is 137 Å². The lowest BCUT2D eigenvalue weighted by atomic mass is 10.1. The van der Waals surface area contributed by atoms with Crippen LogP contribution >= 0.6 is 11.6 Å². The van der Waals surface area contributed by atoms with Crippen molar-refractivity contribution in [3.8, 4) is 0 Å². The van der Waals surface area contributed by atoms with Crippen molar-refractivity contribution in [2.45, 2.75) is 6.92 Å². The number of benzene rings is 2. The SMILES string of the molecule is COC(=O)c1ccc(N=Cc2ccc(Cl)c([N+](=O)[O-])c2)c(C)c1. The molecule has 0 saturated carbocycles. The molecule has 0 bridgehead atoms. The summed E-state index contributed by atoms with van der Waals surface area (Å²) in [5, 5.41) is 10.9. The molecule has 2 aromatic rings. The number of nitro benzene ring substituents is 1. The predicted molar refractivity (Wildman–Crippen MR) is 87.9 cm³/mol. The smallest absolute Gasteiger partial charge is 0.337 e. The highest BCUT2D eigenvalue weighted by molar-refractivity contribution is 6.32.